The van der Waals surface area contributed by atoms with E-state index in [0.717, 1.165) is 37.5 Å². The Labute approximate surface area is 115 Å². The van der Waals surface area contributed by atoms with E-state index in [1.165, 1.54) is 0 Å². The van der Waals surface area contributed by atoms with Crippen molar-refractivity contribution in [1.82, 2.24) is 0 Å². The van der Waals surface area contributed by atoms with Crippen LogP contribution in [0.15, 0.2) is 18.2 Å². The Balaban J connectivity index is 2.03. The van der Waals surface area contributed by atoms with E-state index in [-0.39, 0.29) is 0 Å². The van der Waals surface area contributed by atoms with E-state index >= 15 is 0 Å². The number of para-hydroxylation sites is 1. The molecule has 4 heteroatoms. The van der Waals surface area contributed by atoms with Crippen LogP contribution in [-0.4, -0.2) is 25.9 Å². The molecule has 106 valence electrons. The van der Waals surface area contributed by atoms with Gasteiger partial charge in [-0.2, -0.15) is 0 Å². The molecule has 3 N–H and O–H groups in total. The molecule has 2 rings (SSSR count). The van der Waals surface area contributed by atoms with Crippen molar-refractivity contribution >= 4 is 11.4 Å². The highest BCUT2D eigenvalue weighted by molar-refractivity contribution is 5.73. The first-order valence-electron chi connectivity index (χ1n) is 7.08. The maximum Gasteiger partial charge on any atom is 0.144 e. The number of hydrogen-bond donors (Lipinski definition) is 2. The lowest BCUT2D eigenvalue weighted by atomic mass is 9.92. The molecule has 1 aliphatic rings. The van der Waals surface area contributed by atoms with Crippen molar-refractivity contribution in [2.45, 2.75) is 32.7 Å². The number of nitrogens with one attached hydrogen (secondary N) is 1. The number of rotatable bonds is 5. The average molecular weight is 264 g/mol. The predicted molar refractivity (Wildman–Crippen MR) is 78.7 cm³/mol. The van der Waals surface area contributed by atoms with E-state index in [9.17, 15) is 0 Å². The summed E-state index contributed by atoms with van der Waals surface area (Å²) in [5.74, 6) is 1.40. The van der Waals surface area contributed by atoms with E-state index in [2.05, 4.69) is 12.2 Å². The molecule has 0 spiro atoms. The molecule has 1 aliphatic heterocycles. The van der Waals surface area contributed by atoms with Gasteiger partial charge in [-0.05, 0) is 44.7 Å². The van der Waals surface area contributed by atoms with Gasteiger partial charge in [0, 0.05) is 19.3 Å². The molecule has 1 fully saturated rings. The minimum absolute atomic E-state index is 0.392. The zero-order valence-electron chi connectivity index (χ0n) is 11.8. The number of nitrogens with two attached hydrogens (primary N) is 1. The first kappa shape index (κ1) is 14.0. The molecule has 4 nitrogen and oxygen atoms in total. The Morgan fingerprint density at radius 2 is 2.16 bits per heavy atom. The van der Waals surface area contributed by atoms with Crippen LogP contribution in [0.3, 0.4) is 0 Å². The fourth-order valence-electron chi connectivity index (χ4n) is 2.53. The van der Waals surface area contributed by atoms with Gasteiger partial charge in [0.05, 0.1) is 18.0 Å². The predicted octanol–water partition coefficient (Wildman–Crippen LogP) is 2.89. The second-order valence-corrected chi connectivity index (χ2v) is 5.03. The molecular formula is C15H24N2O2. The van der Waals surface area contributed by atoms with Gasteiger partial charge in [0.25, 0.3) is 0 Å². The largest absolute Gasteiger partial charge is 0.492 e. The van der Waals surface area contributed by atoms with Crippen LogP contribution in [0.5, 0.6) is 5.75 Å². The van der Waals surface area contributed by atoms with E-state index < -0.39 is 0 Å². The van der Waals surface area contributed by atoms with Crippen LogP contribution in [0.1, 0.15) is 26.7 Å². The van der Waals surface area contributed by atoms with Gasteiger partial charge in [-0.25, -0.2) is 0 Å². The molecule has 1 saturated heterocycles. The zero-order valence-corrected chi connectivity index (χ0v) is 11.8. The van der Waals surface area contributed by atoms with E-state index in [4.69, 9.17) is 15.2 Å². The average Bonchev–Trinajstić information content (AvgIpc) is 2.44. The van der Waals surface area contributed by atoms with Crippen molar-refractivity contribution in [2.75, 3.05) is 30.9 Å². The van der Waals surface area contributed by atoms with Crippen molar-refractivity contribution in [3.63, 3.8) is 0 Å². The van der Waals surface area contributed by atoms with E-state index in [1.807, 2.05) is 25.1 Å². The molecule has 1 aromatic rings. The third-order valence-electron chi connectivity index (χ3n) is 3.72. The number of anilines is 2. The lowest BCUT2D eigenvalue weighted by Gasteiger charge is -2.29. The lowest BCUT2D eigenvalue weighted by Crippen LogP contribution is -2.31. The highest BCUT2D eigenvalue weighted by atomic mass is 16.5. The summed E-state index contributed by atoms with van der Waals surface area (Å²) < 4.78 is 10.9. The molecule has 1 atom stereocenters. The third kappa shape index (κ3) is 3.53. The van der Waals surface area contributed by atoms with Gasteiger partial charge < -0.3 is 20.5 Å². The summed E-state index contributed by atoms with van der Waals surface area (Å²) in [5.41, 5.74) is 7.80. The molecule has 0 amide bonds. The number of benzene rings is 1. The first-order valence-corrected chi connectivity index (χ1v) is 7.08. The summed E-state index contributed by atoms with van der Waals surface area (Å²) in [6.07, 6.45) is 2.22. The Bertz CT molecular complexity index is 403. The van der Waals surface area contributed by atoms with Crippen LogP contribution < -0.4 is 15.8 Å². The fourth-order valence-corrected chi connectivity index (χ4v) is 2.53. The van der Waals surface area contributed by atoms with Crippen LogP contribution in [0.2, 0.25) is 0 Å². The normalized spacial score (nSPS) is 18.0. The van der Waals surface area contributed by atoms with Gasteiger partial charge in [-0.3, -0.25) is 0 Å². The smallest absolute Gasteiger partial charge is 0.144 e. The summed E-state index contributed by atoms with van der Waals surface area (Å²) >= 11 is 0. The highest BCUT2D eigenvalue weighted by Gasteiger charge is 2.21. The molecule has 0 aromatic heterocycles. The quantitative estimate of drug-likeness (QED) is 0.803. The minimum atomic E-state index is 0.392. The van der Waals surface area contributed by atoms with Crippen LogP contribution in [0, 0.1) is 5.92 Å². The number of nitrogen functional groups attached to an aromatic ring is 1. The fraction of sp³-hybridized carbons (Fsp3) is 0.600. The third-order valence-corrected chi connectivity index (χ3v) is 3.72. The van der Waals surface area contributed by atoms with E-state index in [0.29, 0.717) is 24.3 Å². The summed E-state index contributed by atoms with van der Waals surface area (Å²) in [6.45, 7) is 6.53. The molecule has 0 bridgehead atoms. The lowest BCUT2D eigenvalue weighted by molar-refractivity contribution is 0.0622. The molecule has 1 heterocycles. The SMILES string of the molecule is CCOc1cccc(NC(C)C2CCOCC2)c1N. The van der Waals surface area contributed by atoms with Gasteiger partial charge in [0.1, 0.15) is 5.75 Å². The Morgan fingerprint density at radius 1 is 1.42 bits per heavy atom. The van der Waals surface area contributed by atoms with Crippen LogP contribution >= 0.6 is 0 Å². The second-order valence-electron chi connectivity index (χ2n) is 5.03. The molecule has 0 radical (unpaired) electrons. The van der Waals surface area contributed by atoms with Crippen LogP contribution in [0.4, 0.5) is 11.4 Å². The van der Waals surface area contributed by atoms with Crippen molar-refractivity contribution in [3.05, 3.63) is 18.2 Å². The molecule has 0 saturated carbocycles. The second kappa shape index (κ2) is 6.66. The number of ether oxygens (including phenoxy) is 2. The number of hydrogen-bond acceptors (Lipinski definition) is 4. The molecule has 1 unspecified atom stereocenters. The monoisotopic (exact) mass is 264 g/mol. The first-order chi connectivity index (χ1) is 9.22. The van der Waals surface area contributed by atoms with Crippen LogP contribution in [0.25, 0.3) is 0 Å². The van der Waals surface area contributed by atoms with E-state index in [1.54, 1.807) is 0 Å². The Hall–Kier alpha value is -1.42. The zero-order chi connectivity index (χ0) is 13.7. The Kier molecular flexibility index (Phi) is 4.91. The maximum atomic E-state index is 6.14. The summed E-state index contributed by atoms with van der Waals surface area (Å²) in [7, 11) is 0. The Morgan fingerprint density at radius 3 is 2.84 bits per heavy atom. The van der Waals surface area contributed by atoms with Gasteiger partial charge in [0.15, 0.2) is 0 Å². The maximum absolute atomic E-state index is 6.14. The van der Waals surface area contributed by atoms with Crippen molar-refractivity contribution in [2.24, 2.45) is 5.92 Å². The topological polar surface area (TPSA) is 56.5 Å². The van der Waals surface area contributed by atoms with Crippen molar-refractivity contribution < 1.29 is 9.47 Å². The summed E-state index contributed by atoms with van der Waals surface area (Å²) in [4.78, 5) is 0. The van der Waals surface area contributed by atoms with Gasteiger partial charge >= 0.3 is 0 Å². The summed E-state index contributed by atoms with van der Waals surface area (Å²) in [5, 5.41) is 3.52. The molecular weight excluding hydrogens is 240 g/mol. The highest BCUT2D eigenvalue weighted by Crippen LogP contribution is 2.31. The van der Waals surface area contributed by atoms with Crippen LogP contribution in [-0.2, 0) is 4.74 Å². The molecule has 19 heavy (non-hydrogen) atoms. The van der Waals surface area contributed by atoms with Gasteiger partial charge in [-0.1, -0.05) is 6.07 Å². The van der Waals surface area contributed by atoms with Crippen molar-refractivity contribution in [1.29, 1.82) is 0 Å². The van der Waals surface area contributed by atoms with Crippen molar-refractivity contribution in [3.8, 4) is 5.75 Å². The molecule has 1 aromatic carbocycles. The molecule has 0 aliphatic carbocycles. The standard InChI is InChI=1S/C15H24N2O2/c1-3-19-14-6-4-5-13(15(14)16)17-11(2)12-7-9-18-10-8-12/h4-6,11-12,17H,3,7-10,16H2,1-2H3. The minimum Gasteiger partial charge on any atom is -0.492 e. The summed E-state index contributed by atoms with van der Waals surface area (Å²) in [6, 6.07) is 6.28. The van der Waals surface area contributed by atoms with Gasteiger partial charge in [0.2, 0.25) is 0 Å². The van der Waals surface area contributed by atoms with Gasteiger partial charge in [-0.15, -0.1) is 0 Å².